The Morgan fingerprint density at radius 2 is 1.57 bits per heavy atom. The van der Waals surface area contributed by atoms with Crippen molar-refractivity contribution in [2.75, 3.05) is 51.7 Å². The molecule has 204 valence electrons. The number of para-hydroxylation sites is 2. The van der Waals surface area contributed by atoms with Gasteiger partial charge in [-0.2, -0.15) is 0 Å². The first-order valence-corrected chi connectivity index (χ1v) is 14.0. The van der Waals surface area contributed by atoms with Crippen molar-refractivity contribution in [2.45, 2.75) is 70.4 Å². The Hall–Kier alpha value is -2.81. The van der Waals surface area contributed by atoms with E-state index >= 15 is 0 Å². The SMILES string of the molecule is COc1ccccc1NC(=O)NC(CC(=O)N1CCC(C)CC1)C(=O)N1CCC(N2CCCCC2)CC1. The number of piperidine rings is 3. The van der Waals surface area contributed by atoms with Crippen LogP contribution in [0.4, 0.5) is 10.5 Å². The van der Waals surface area contributed by atoms with Crippen molar-refractivity contribution >= 4 is 23.5 Å². The molecule has 3 aliphatic heterocycles. The molecule has 1 unspecified atom stereocenters. The van der Waals surface area contributed by atoms with Gasteiger partial charge in [-0.3, -0.25) is 9.59 Å². The second kappa shape index (κ2) is 13.1. The fourth-order valence-electron chi connectivity index (χ4n) is 5.78. The standard InChI is InChI=1S/C28H43N5O4/c1-21-10-16-32(17-11-21)26(34)20-24(30-28(36)29-23-8-4-5-9-25(23)37-2)27(35)33-18-12-22(13-19-33)31-14-6-3-7-15-31/h4-5,8-9,21-22,24H,3,6-7,10-20H2,1-2H3,(H2,29,30,36). The second-order valence-electron chi connectivity index (χ2n) is 10.8. The number of ether oxygens (including phenoxy) is 1. The highest BCUT2D eigenvalue weighted by Crippen LogP contribution is 2.24. The van der Waals surface area contributed by atoms with Crippen molar-refractivity contribution in [3.63, 3.8) is 0 Å². The molecular formula is C28H43N5O4. The van der Waals surface area contributed by atoms with Crippen LogP contribution in [0.25, 0.3) is 0 Å². The summed E-state index contributed by atoms with van der Waals surface area (Å²) >= 11 is 0. The number of methoxy groups -OCH3 is 1. The molecule has 3 saturated heterocycles. The smallest absolute Gasteiger partial charge is 0.320 e. The van der Waals surface area contributed by atoms with E-state index in [0.29, 0.717) is 49.6 Å². The molecule has 4 amide bonds. The number of nitrogens with zero attached hydrogens (tertiary/aromatic N) is 3. The molecule has 9 nitrogen and oxygen atoms in total. The molecule has 2 N–H and O–H groups in total. The van der Waals surface area contributed by atoms with Crippen LogP contribution in [-0.2, 0) is 9.59 Å². The van der Waals surface area contributed by atoms with E-state index in [4.69, 9.17) is 4.74 Å². The van der Waals surface area contributed by atoms with Crippen LogP contribution in [-0.4, -0.2) is 91.0 Å². The van der Waals surface area contributed by atoms with Gasteiger partial charge in [0.05, 0.1) is 19.2 Å². The summed E-state index contributed by atoms with van der Waals surface area (Å²) < 4.78 is 5.32. The molecule has 0 aliphatic carbocycles. The summed E-state index contributed by atoms with van der Waals surface area (Å²) in [7, 11) is 1.54. The number of nitrogens with one attached hydrogen (secondary N) is 2. The Kier molecular flexibility index (Phi) is 9.66. The van der Waals surface area contributed by atoms with Crippen LogP contribution >= 0.6 is 0 Å². The van der Waals surface area contributed by atoms with Crippen LogP contribution in [0.1, 0.15) is 58.3 Å². The summed E-state index contributed by atoms with van der Waals surface area (Å²) in [5.74, 6) is 0.878. The highest BCUT2D eigenvalue weighted by atomic mass is 16.5. The van der Waals surface area contributed by atoms with E-state index in [1.165, 1.54) is 26.4 Å². The Bertz CT molecular complexity index is 919. The summed E-state index contributed by atoms with van der Waals surface area (Å²) in [6, 6.07) is 6.20. The number of benzene rings is 1. The summed E-state index contributed by atoms with van der Waals surface area (Å²) in [5.41, 5.74) is 0.507. The number of hydrogen-bond donors (Lipinski definition) is 2. The molecule has 1 aromatic carbocycles. The summed E-state index contributed by atoms with van der Waals surface area (Å²) in [5, 5.41) is 5.59. The van der Waals surface area contributed by atoms with E-state index in [1.807, 2.05) is 15.9 Å². The van der Waals surface area contributed by atoms with Crippen LogP contribution in [0.15, 0.2) is 24.3 Å². The summed E-state index contributed by atoms with van der Waals surface area (Å²) in [6.45, 7) is 7.21. The van der Waals surface area contributed by atoms with Crippen molar-refractivity contribution in [3.05, 3.63) is 24.3 Å². The molecule has 3 fully saturated rings. The molecular weight excluding hydrogens is 470 g/mol. The molecule has 9 heteroatoms. The lowest BCUT2D eigenvalue weighted by atomic mass is 9.98. The van der Waals surface area contributed by atoms with Crippen molar-refractivity contribution in [3.8, 4) is 5.75 Å². The lowest BCUT2D eigenvalue weighted by Gasteiger charge is -2.41. The van der Waals surface area contributed by atoms with Crippen molar-refractivity contribution < 1.29 is 19.1 Å². The number of urea groups is 1. The largest absolute Gasteiger partial charge is 0.495 e. The van der Waals surface area contributed by atoms with E-state index < -0.39 is 12.1 Å². The van der Waals surface area contributed by atoms with E-state index in [0.717, 1.165) is 38.8 Å². The molecule has 1 atom stereocenters. The monoisotopic (exact) mass is 513 g/mol. The van der Waals surface area contributed by atoms with Crippen LogP contribution in [0, 0.1) is 5.92 Å². The minimum absolute atomic E-state index is 0.0292. The third-order valence-electron chi connectivity index (χ3n) is 8.16. The average Bonchev–Trinajstić information content (AvgIpc) is 2.93. The van der Waals surface area contributed by atoms with Crippen molar-refractivity contribution in [1.29, 1.82) is 0 Å². The number of rotatable bonds is 7. The van der Waals surface area contributed by atoms with Crippen LogP contribution in [0.5, 0.6) is 5.75 Å². The van der Waals surface area contributed by atoms with Gasteiger partial charge in [-0.25, -0.2) is 4.79 Å². The number of carbonyl (C=O) groups excluding carboxylic acids is 3. The van der Waals surface area contributed by atoms with E-state index in [1.54, 1.807) is 18.2 Å². The predicted octanol–water partition coefficient (Wildman–Crippen LogP) is 3.31. The predicted molar refractivity (Wildman–Crippen MR) is 144 cm³/mol. The normalized spacial score (nSPS) is 20.8. The van der Waals surface area contributed by atoms with E-state index in [2.05, 4.69) is 22.5 Å². The minimum Gasteiger partial charge on any atom is -0.495 e. The van der Waals surface area contributed by atoms with Gasteiger partial charge >= 0.3 is 6.03 Å². The maximum absolute atomic E-state index is 13.6. The number of likely N-dealkylation sites (tertiary alicyclic amines) is 3. The Morgan fingerprint density at radius 3 is 2.24 bits per heavy atom. The zero-order valence-corrected chi connectivity index (χ0v) is 22.4. The maximum Gasteiger partial charge on any atom is 0.320 e. The summed E-state index contributed by atoms with van der Waals surface area (Å²) in [6.07, 6.45) is 7.59. The lowest BCUT2D eigenvalue weighted by Crippen LogP contribution is -2.55. The first kappa shape index (κ1) is 27.2. The molecule has 0 bridgehead atoms. The van der Waals surface area contributed by atoms with Gasteiger partial charge < -0.3 is 30.1 Å². The number of amides is 4. The van der Waals surface area contributed by atoms with Crippen LogP contribution < -0.4 is 15.4 Å². The molecule has 3 heterocycles. The minimum atomic E-state index is -0.909. The second-order valence-corrected chi connectivity index (χ2v) is 10.8. The molecule has 37 heavy (non-hydrogen) atoms. The van der Waals surface area contributed by atoms with Gasteiger partial charge in [0.25, 0.3) is 0 Å². The number of anilines is 1. The lowest BCUT2D eigenvalue weighted by molar-refractivity contribution is -0.140. The fourth-order valence-corrected chi connectivity index (χ4v) is 5.78. The molecule has 1 aromatic rings. The van der Waals surface area contributed by atoms with Gasteiger partial charge in [0.2, 0.25) is 11.8 Å². The Labute approximate surface area is 220 Å². The molecule has 3 aliphatic rings. The van der Waals surface area contributed by atoms with Crippen molar-refractivity contribution in [1.82, 2.24) is 20.0 Å². The molecule has 0 aromatic heterocycles. The zero-order valence-electron chi connectivity index (χ0n) is 22.4. The van der Waals surface area contributed by atoms with Crippen LogP contribution in [0.2, 0.25) is 0 Å². The summed E-state index contributed by atoms with van der Waals surface area (Å²) in [4.78, 5) is 46.0. The first-order valence-electron chi connectivity index (χ1n) is 14.0. The third kappa shape index (κ3) is 7.37. The zero-order chi connectivity index (χ0) is 26.2. The molecule has 0 spiro atoms. The van der Waals surface area contributed by atoms with Gasteiger partial charge in [-0.05, 0) is 69.7 Å². The fraction of sp³-hybridized carbons (Fsp3) is 0.679. The van der Waals surface area contributed by atoms with E-state index in [-0.39, 0.29) is 18.2 Å². The highest BCUT2D eigenvalue weighted by Gasteiger charge is 2.34. The molecule has 0 saturated carbocycles. The quantitative estimate of drug-likeness (QED) is 0.584. The average molecular weight is 514 g/mol. The maximum atomic E-state index is 13.6. The van der Waals surface area contributed by atoms with Gasteiger partial charge in [0, 0.05) is 32.2 Å². The number of hydrogen-bond acceptors (Lipinski definition) is 5. The van der Waals surface area contributed by atoms with E-state index in [9.17, 15) is 14.4 Å². The Morgan fingerprint density at radius 1 is 0.919 bits per heavy atom. The van der Waals surface area contributed by atoms with Gasteiger partial charge in [0.1, 0.15) is 11.8 Å². The molecule has 0 radical (unpaired) electrons. The topological polar surface area (TPSA) is 94.2 Å². The van der Waals surface area contributed by atoms with Gasteiger partial charge in [-0.1, -0.05) is 25.5 Å². The molecule has 4 rings (SSSR count). The van der Waals surface area contributed by atoms with Crippen LogP contribution in [0.3, 0.4) is 0 Å². The Balaban J connectivity index is 1.40. The third-order valence-corrected chi connectivity index (χ3v) is 8.16. The van der Waals surface area contributed by atoms with Gasteiger partial charge in [0.15, 0.2) is 0 Å². The first-order chi connectivity index (χ1) is 17.9. The highest BCUT2D eigenvalue weighted by molar-refractivity contribution is 5.96. The number of carbonyl (C=O) groups is 3. The van der Waals surface area contributed by atoms with Crippen molar-refractivity contribution in [2.24, 2.45) is 5.92 Å². The van der Waals surface area contributed by atoms with Gasteiger partial charge in [-0.15, -0.1) is 0 Å².